The van der Waals surface area contributed by atoms with E-state index in [1.807, 2.05) is 0 Å². The minimum atomic E-state index is -0.709. The predicted octanol–water partition coefficient (Wildman–Crippen LogP) is 3.60. The van der Waals surface area contributed by atoms with Crippen LogP contribution in [-0.2, 0) is 4.79 Å². The molecule has 0 amide bonds. The van der Waals surface area contributed by atoms with Crippen LogP contribution in [0.3, 0.4) is 0 Å². The molecule has 0 spiro atoms. The average Bonchev–Trinajstić information content (AvgIpc) is 2.93. The highest BCUT2D eigenvalue weighted by molar-refractivity contribution is 5.66. The van der Waals surface area contributed by atoms with Gasteiger partial charge in [0.25, 0.3) is 0 Å². The standard InChI is InChI=1S/C18H32N2O2/c1-2-3-4-5-6-9-12-16-17(20-15-19-16)13-10-7-8-11-14-18(21)22/h7,9-10,12,16-17,19-20H,2-6,8,11,13-15H2,1H3,(H,21,22)/b10-7+,12-9+/t16-,17-/m1/s1. The van der Waals surface area contributed by atoms with Gasteiger partial charge in [0.1, 0.15) is 0 Å². The van der Waals surface area contributed by atoms with Gasteiger partial charge in [-0.05, 0) is 32.1 Å². The molecule has 3 N–H and O–H groups in total. The number of rotatable bonds is 12. The second-order valence-electron chi connectivity index (χ2n) is 5.99. The average molecular weight is 308 g/mol. The van der Waals surface area contributed by atoms with E-state index in [2.05, 4.69) is 41.9 Å². The molecule has 1 heterocycles. The van der Waals surface area contributed by atoms with Crippen molar-refractivity contribution < 1.29 is 9.90 Å². The maximum Gasteiger partial charge on any atom is 0.303 e. The van der Waals surface area contributed by atoms with E-state index >= 15 is 0 Å². The van der Waals surface area contributed by atoms with E-state index in [1.54, 1.807) is 0 Å². The third-order valence-corrected chi connectivity index (χ3v) is 4.02. The van der Waals surface area contributed by atoms with E-state index in [9.17, 15) is 4.79 Å². The van der Waals surface area contributed by atoms with Crippen LogP contribution in [0, 0.1) is 0 Å². The molecule has 1 aliphatic heterocycles. The zero-order valence-electron chi connectivity index (χ0n) is 13.9. The van der Waals surface area contributed by atoms with Gasteiger partial charge < -0.3 is 5.11 Å². The van der Waals surface area contributed by atoms with Crippen LogP contribution < -0.4 is 10.6 Å². The zero-order valence-corrected chi connectivity index (χ0v) is 13.9. The molecule has 1 saturated heterocycles. The molecule has 1 rings (SSSR count). The number of carbonyl (C=O) groups is 1. The van der Waals surface area contributed by atoms with Gasteiger partial charge in [-0.25, -0.2) is 0 Å². The topological polar surface area (TPSA) is 61.4 Å². The molecule has 0 aromatic carbocycles. The van der Waals surface area contributed by atoms with E-state index < -0.39 is 5.97 Å². The highest BCUT2D eigenvalue weighted by Gasteiger charge is 2.22. The Labute approximate surface area is 135 Å². The van der Waals surface area contributed by atoms with Gasteiger partial charge in [0.05, 0.1) is 0 Å². The molecular weight excluding hydrogens is 276 g/mol. The number of nitrogens with one attached hydrogen (secondary N) is 2. The molecule has 2 atom stereocenters. The molecule has 0 bridgehead atoms. The maximum atomic E-state index is 10.4. The van der Waals surface area contributed by atoms with Crippen molar-refractivity contribution in [1.82, 2.24) is 10.6 Å². The minimum absolute atomic E-state index is 0.261. The number of carboxylic acid groups (broad SMARTS) is 1. The Morgan fingerprint density at radius 3 is 2.68 bits per heavy atom. The van der Waals surface area contributed by atoms with E-state index in [0.29, 0.717) is 12.1 Å². The van der Waals surface area contributed by atoms with Crippen LogP contribution in [0.5, 0.6) is 0 Å². The normalized spacial score (nSPS) is 22.0. The Balaban J connectivity index is 2.15. The second kappa shape index (κ2) is 12.4. The van der Waals surface area contributed by atoms with Gasteiger partial charge in [-0.15, -0.1) is 0 Å². The van der Waals surface area contributed by atoms with Crippen molar-refractivity contribution in [3.05, 3.63) is 24.3 Å². The van der Waals surface area contributed by atoms with Crippen molar-refractivity contribution in [2.75, 3.05) is 6.67 Å². The summed E-state index contributed by atoms with van der Waals surface area (Å²) in [6, 6.07) is 0.859. The molecule has 4 heteroatoms. The first-order valence-corrected chi connectivity index (χ1v) is 8.74. The SMILES string of the molecule is CCCCCC/C=C/[C@H]1NCN[C@@H]1C/C=C/CCCC(=O)O. The van der Waals surface area contributed by atoms with Gasteiger partial charge in [0, 0.05) is 25.2 Å². The Morgan fingerprint density at radius 1 is 1.09 bits per heavy atom. The van der Waals surface area contributed by atoms with E-state index in [4.69, 9.17) is 5.11 Å². The molecule has 0 aliphatic carbocycles. The van der Waals surface area contributed by atoms with Crippen LogP contribution in [0.4, 0.5) is 0 Å². The summed E-state index contributed by atoms with van der Waals surface area (Å²) in [5.74, 6) is -0.709. The number of allylic oxidation sites excluding steroid dienone is 2. The highest BCUT2D eigenvalue weighted by atomic mass is 16.4. The second-order valence-corrected chi connectivity index (χ2v) is 5.99. The van der Waals surface area contributed by atoms with Gasteiger partial charge in [0.15, 0.2) is 0 Å². The summed E-state index contributed by atoms with van der Waals surface area (Å²) in [6.45, 7) is 3.10. The van der Waals surface area contributed by atoms with Crippen molar-refractivity contribution >= 4 is 5.97 Å². The minimum Gasteiger partial charge on any atom is -0.481 e. The van der Waals surface area contributed by atoms with E-state index in [-0.39, 0.29) is 6.42 Å². The Hall–Kier alpha value is -1.13. The van der Waals surface area contributed by atoms with Crippen LogP contribution >= 0.6 is 0 Å². The van der Waals surface area contributed by atoms with Crippen LogP contribution in [0.1, 0.15) is 64.7 Å². The highest BCUT2D eigenvalue weighted by Crippen LogP contribution is 2.10. The summed E-state index contributed by atoms with van der Waals surface area (Å²) in [4.78, 5) is 10.4. The monoisotopic (exact) mass is 308 g/mol. The lowest BCUT2D eigenvalue weighted by Gasteiger charge is -2.13. The van der Waals surface area contributed by atoms with Crippen LogP contribution in [-0.4, -0.2) is 29.8 Å². The molecule has 0 unspecified atom stereocenters. The lowest BCUT2D eigenvalue weighted by atomic mass is 10.0. The first-order chi connectivity index (χ1) is 10.7. The predicted molar refractivity (Wildman–Crippen MR) is 91.9 cm³/mol. The van der Waals surface area contributed by atoms with Crippen molar-refractivity contribution in [3.8, 4) is 0 Å². The first kappa shape index (κ1) is 18.9. The smallest absolute Gasteiger partial charge is 0.303 e. The number of hydrogen-bond donors (Lipinski definition) is 3. The van der Waals surface area contributed by atoms with Crippen molar-refractivity contribution in [1.29, 1.82) is 0 Å². The number of unbranched alkanes of at least 4 members (excludes halogenated alkanes) is 5. The van der Waals surface area contributed by atoms with Gasteiger partial charge in [-0.2, -0.15) is 0 Å². The van der Waals surface area contributed by atoms with Crippen molar-refractivity contribution in [3.63, 3.8) is 0 Å². The molecule has 4 nitrogen and oxygen atoms in total. The fraction of sp³-hybridized carbons (Fsp3) is 0.722. The van der Waals surface area contributed by atoms with Gasteiger partial charge in [-0.3, -0.25) is 15.4 Å². The number of hydrogen-bond acceptors (Lipinski definition) is 3. The van der Waals surface area contributed by atoms with Crippen LogP contribution in [0.25, 0.3) is 0 Å². The largest absolute Gasteiger partial charge is 0.481 e. The molecule has 1 fully saturated rings. The number of aliphatic carboxylic acids is 1. The molecule has 22 heavy (non-hydrogen) atoms. The summed E-state index contributed by atoms with van der Waals surface area (Å²) in [6.07, 6.45) is 18.1. The molecule has 0 saturated carbocycles. The molecule has 0 aromatic heterocycles. The summed E-state index contributed by atoms with van der Waals surface area (Å²) in [5.41, 5.74) is 0. The van der Waals surface area contributed by atoms with Gasteiger partial charge in [-0.1, -0.05) is 50.5 Å². The third kappa shape index (κ3) is 9.00. The van der Waals surface area contributed by atoms with E-state index in [1.165, 1.54) is 32.1 Å². The summed E-state index contributed by atoms with van der Waals surface area (Å²) in [5, 5.41) is 15.5. The van der Waals surface area contributed by atoms with E-state index in [0.717, 1.165) is 25.9 Å². The molecule has 0 aromatic rings. The lowest BCUT2D eigenvalue weighted by Crippen LogP contribution is -2.31. The lowest BCUT2D eigenvalue weighted by molar-refractivity contribution is -0.137. The Bertz CT molecular complexity index is 353. The molecule has 126 valence electrons. The maximum absolute atomic E-state index is 10.4. The number of carboxylic acids is 1. The fourth-order valence-corrected chi connectivity index (χ4v) is 2.67. The molecule has 0 radical (unpaired) electrons. The fourth-order valence-electron chi connectivity index (χ4n) is 2.67. The third-order valence-electron chi connectivity index (χ3n) is 4.02. The Morgan fingerprint density at radius 2 is 1.91 bits per heavy atom. The quantitative estimate of drug-likeness (QED) is 0.381. The summed E-state index contributed by atoms with van der Waals surface area (Å²) < 4.78 is 0. The Kier molecular flexibility index (Phi) is 10.7. The zero-order chi connectivity index (χ0) is 16.0. The van der Waals surface area contributed by atoms with Crippen LogP contribution in [0.15, 0.2) is 24.3 Å². The molecule has 1 aliphatic rings. The van der Waals surface area contributed by atoms with Gasteiger partial charge >= 0.3 is 5.97 Å². The summed E-state index contributed by atoms with van der Waals surface area (Å²) in [7, 11) is 0. The van der Waals surface area contributed by atoms with Crippen molar-refractivity contribution in [2.45, 2.75) is 76.8 Å². The van der Waals surface area contributed by atoms with Gasteiger partial charge in [0.2, 0.25) is 0 Å². The summed E-state index contributed by atoms with van der Waals surface area (Å²) >= 11 is 0. The van der Waals surface area contributed by atoms with Crippen molar-refractivity contribution in [2.24, 2.45) is 0 Å². The first-order valence-electron chi connectivity index (χ1n) is 8.74. The van der Waals surface area contributed by atoms with Crippen LogP contribution in [0.2, 0.25) is 0 Å². The molecular formula is C18H32N2O2.